The van der Waals surface area contributed by atoms with Gasteiger partial charge in [-0.1, -0.05) is 93.9 Å². The van der Waals surface area contributed by atoms with Crippen molar-refractivity contribution in [3.05, 3.63) is 77.9 Å². The van der Waals surface area contributed by atoms with Crippen molar-refractivity contribution in [3.8, 4) is 0 Å². The minimum Gasteiger partial charge on any atom is -0.462 e. The molecule has 1 heterocycles. The zero-order chi connectivity index (χ0) is 21.8. The molecule has 0 spiro atoms. The van der Waals surface area contributed by atoms with Crippen LogP contribution in [0.25, 0.3) is 4.91 Å². The molecular formula is C28H34O2S. The van der Waals surface area contributed by atoms with Crippen molar-refractivity contribution in [3.63, 3.8) is 0 Å². The highest BCUT2D eigenvalue weighted by molar-refractivity contribution is 8.08. The first kappa shape index (κ1) is 22.2. The first-order valence-corrected chi connectivity index (χ1v) is 12.7. The molecule has 2 aromatic rings. The van der Waals surface area contributed by atoms with E-state index in [2.05, 4.69) is 75.4 Å². The molecule has 1 fully saturated rings. The van der Waals surface area contributed by atoms with Crippen molar-refractivity contribution in [2.24, 2.45) is 23.7 Å². The number of esters is 1. The Morgan fingerprint density at radius 2 is 1.68 bits per heavy atom. The van der Waals surface area contributed by atoms with E-state index in [0.29, 0.717) is 17.8 Å². The Hall–Kier alpha value is -2.00. The van der Waals surface area contributed by atoms with Crippen molar-refractivity contribution in [2.45, 2.75) is 52.1 Å². The van der Waals surface area contributed by atoms with E-state index in [1.165, 1.54) is 22.5 Å². The van der Waals surface area contributed by atoms with E-state index >= 15 is 0 Å². The van der Waals surface area contributed by atoms with Gasteiger partial charge in [-0.3, -0.25) is 4.79 Å². The topological polar surface area (TPSA) is 26.3 Å². The maximum absolute atomic E-state index is 13.5. The summed E-state index contributed by atoms with van der Waals surface area (Å²) in [6.07, 6.45) is 5.74. The minimum absolute atomic E-state index is 0.0190. The Morgan fingerprint density at radius 3 is 2.35 bits per heavy atom. The quantitative estimate of drug-likeness (QED) is 0.466. The van der Waals surface area contributed by atoms with E-state index in [0.717, 1.165) is 18.6 Å². The first-order chi connectivity index (χ1) is 15.0. The third-order valence-electron chi connectivity index (χ3n) is 6.96. The van der Waals surface area contributed by atoms with Crippen LogP contribution in [-0.4, -0.2) is 17.8 Å². The summed E-state index contributed by atoms with van der Waals surface area (Å²) in [5.74, 6) is 2.28. The van der Waals surface area contributed by atoms with Crippen LogP contribution in [-0.2, 0) is 9.53 Å². The zero-order valence-electron chi connectivity index (χ0n) is 18.9. The molecule has 0 saturated heterocycles. The second-order valence-corrected chi connectivity index (χ2v) is 10.6. The van der Waals surface area contributed by atoms with Crippen LogP contribution in [0.3, 0.4) is 0 Å². The number of benzene rings is 2. The Kier molecular flexibility index (Phi) is 7.22. The van der Waals surface area contributed by atoms with Crippen molar-refractivity contribution < 1.29 is 9.53 Å². The van der Waals surface area contributed by atoms with E-state index in [-0.39, 0.29) is 23.9 Å². The minimum atomic E-state index is -0.148. The lowest BCUT2D eigenvalue weighted by atomic mass is 9.75. The van der Waals surface area contributed by atoms with E-state index in [1.54, 1.807) is 11.8 Å². The number of hydrogen-bond donors (Lipinski definition) is 0. The average molecular weight is 435 g/mol. The lowest BCUT2D eigenvalue weighted by Gasteiger charge is -2.38. The van der Waals surface area contributed by atoms with E-state index in [9.17, 15) is 4.79 Å². The number of ether oxygens (including phenoxy) is 1. The molecule has 4 rings (SSSR count). The summed E-state index contributed by atoms with van der Waals surface area (Å²) in [5.41, 5.74) is 2.41. The second-order valence-electron chi connectivity index (χ2n) is 9.55. The van der Waals surface area contributed by atoms with Gasteiger partial charge in [-0.25, -0.2) is 0 Å². The van der Waals surface area contributed by atoms with Crippen LogP contribution in [0.15, 0.2) is 66.7 Å². The van der Waals surface area contributed by atoms with Gasteiger partial charge in [0.25, 0.3) is 0 Å². The van der Waals surface area contributed by atoms with Crippen LogP contribution in [0.4, 0.5) is 0 Å². The number of hydrogen-bond acceptors (Lipinski definition) is 3. The number of carbonyl (C=O) groups is 1. The predicted octanol–water partition coefficient (Wildman–Crippen LogP) is 7.18. The van der Waals surface area contributed by atoms with E-state index in [4.69, 9.17) is 4.74 Å². The molecule has 1 saturated carbocycles. The number of carbonyl (C=O) groups excluding carboxylic acids is 1. The smallest absolute Gasteiger partial charge is 0.311 e. The van der Waals surface area contributed by atoms with Gasteiger partial charge < -0.3 is 4.74 Å². The van der Waals surface area contributed by atoms with Gasteiger partial charge in [-0.2, -0.15) is 0 Å². The molecule has 0 bridgehead atoms. The maximum atomic E-state index is 13.5. The zero-order valence-corrected chi connectivity index (χ0v) is 19.7. The molecule has 164 valence electrons. The third-order valence-corrected chi connectivity index (χ3v) is 8.17. The van der Waals surface area contributed by atoms with Crippen LogP contribution in [0.1, 0.15) is 57.1 Å². The summed E-state index contributed by atoms with van der Waals surface area (Å²) in [6.45, 7) is 6.81. The van der Waals surface area contributed by atoms with Gasteiger partial charge >= 0.3 is 5.97 Å². The summed E-state index contributed by atoms with van der Waals surface area (Å²) in [7, 11) is 0. The molecule has 0 amide bonds. The molecule has 0 aromatic heterocycles. The summed E-state index contributed by atoms with van der Waals surface area (Å²) in [5, 5.41) is 0. The Morgan fingerprint density at radius 1 is 1.00 bits per heavy atom. The third kappa shape index (κ3) is 5.26. The largest absolute Gasteiger partial charge is 0.462 e. The molecule has 3 heteroatoms. The monoisotopic (exact) mass is 434 g/mol. The molecule has 2 aromatic carbocycles. The van der Waals surface area contributed by atoms with Crippen molar-refractivity contribution in [1.82, 2.24) is 0 Å². The Labute approximate surface area is 191 Å². The summed E-state index contributed by atoms with van der Waals surface area (Å²) < 4.78 is 6.29. The van der Waals surface area contributed by atoms with Crippen LogP contribution >= 0.6 is 11.8 Å². The molecule has 1 aliphatic heterocycles. The summed E-state index contributed by atoms with van der Waals surface area (Å²) >= 11 is 1.78. The highest BCUT2D eigenvalue weighted by Crippen LogP contribution is 2.44. The van der Waals surface area contributed by atoms with E-state index in [1.807, 2.05) is 12.1 Å². The van der Waals surface area contributed by atoms with Crippen LogP contribution in [0, 0.1) is 23.7 Å². The fourth-order valence-electron chi connectivity index (χ4n) is 5.10. The van der Waals surface area contributed by atoms with Crippen LogP contribution < -0.4 is 0 Å². The maximum Gasteiger partial charge on any atom is 0.311 e. The van der Waals surface area contributed by atoms with Gasteiger partial charge in [0.1, 0.15) is 6.10 Å². The molecular weight excluding hydrogens is 400 g/mol. The highest BCUT2D eigenvalue weighted by atomic mass is 32.2. The number of allylic oxidation sites excluding steroid dienone is 1. The molecule has 0 unspecified atom stereocenters. The molecule has 0 N–H and O–H groups in total. The second kappa shape index (κ2) is 10.1. The Balaban J connectivity index is 1.59. The fraction of sp³-hybridized carbons (Fsp3) is 0.464. The SMILES string of the molecule is CC(C)[C@@H]1CC[C@@H](C)C[C@H]1OC(=O)[C@H]1CSC(c2ccccc2)=C[C@H]1c1ccccc1. The van der Waals surface area contributed by atoms with Crippen molar-refractivity contribution in [1.29, 1.82) is 0 Å². The van der Waals surface area contributed by atoms with Crippen LogP contribution in [0.5, 0.6) is 0 Å². The first-order valence-electron chi connectivity index (χ1n) is 11.7. The highest BCUT2D eigenvalue weighted by Gasteiger charge is 2.38. The number of rotatable bonds is 5. The van der Waals surface area contributed by atoms with Crippen molar-refractivity contribution in [2.75, 3.05) is 5.75 Å². The Bertz CT molecular complexity index is 890. The summed E-state index contributed by atoms with van der Waals surface area (Å²) in [6, 6.07) is 20.9. The standard InChI is InChI=1S/C28H34O2S/c1-19(2)23-15-14-20(3)16-26(23)30-28(29)25-18-31-27(22-12-8-5-9-13-22)17-24(25)21-10-6-4-7-11-21/h4-13,17,19-20,23-26H,14-16,18H2,1-3H3/t20-,23+,24+,25+,26-/m1/s1. The lowest BCUT2D eigenvalue weighted by Crippen LogP contribution is -2.39. The average Bonchev–Trinajstić information content (AvgIpc) is 2.79. The van der Waals surface area contributed by atoms with Gasteiger partial charge in [-0.15, -0.1) is 11.8 Å². The normalized spacial score (nSPS) is 28.8. The molecule has 2 nitrogen and oxygen atoms in total. The molecule has 2 aliphatic rings. The van der Waals surface area contributed by atoms with E-state index < -0.39 is 0 Å². The molecule has 0 radical (unpaired) electrons. The van der Waals surface area contributed by atoms with Crippen LogP contribution in [0.2, 0.25) is 0 Å². The fourth-order valence-corrected chi connectivity index (χ4v) is 6.35. The van der Waals surface area contributed by atoms with Gasteiger partial charge in [0, 0.05) is 16.6 Å². The van der Waals surface area contributed by atoms with Gasteiger partial charge in [0.05, 0.1) is 5.92 Å². The molecule has 5 atom stereocenters. The molecule has 31 heavy (non-hydrogen) atoms. The molecule has 1 aliphatic carbocycles. The predicted molar refractivity (Wildman–Crippen MR) is 131 cm³/mol. The lowest BCUT2D eigenvalue weighted by molar-refractivity contribution is -0.160. The van der Waals surface area contributed by atoms with Gasteiger partial charge in [0.15, 0.2) is 0 Å². The number of thioether (sulfide) groups is 1. The van der Waals surface area contributed by atoms with Gasteiger partial charge in [-0.05, 0) is 41.7 Å². The summed E-state index contributed by atoms with van der Waals surface area (Å²) in [4.78, 5) is 14.8. The van der Waals surface area contributed by atoms with Gasteiger partial charge in [0.2, 0.25) is 0 Å². The van der Waals surface area contributed by atoms with Crippen molar-refractivity contribution >= 4 is 22.6 Å².